The van der Waals surface area contributed by atoms with E-state index in [0.29, 0.717) is 28.8 Å². The van der Waals surface area contributed by atoms with Crippen molar-refractivity contribution in [3.05, 3.63) is 108 Å². The minimum Gasteiger partial charge on any atom is -0.456 e. The van der Waals surface area contributed by atoms with E-state index < -0.39 is 13.1 Å². The van der Waals surface area contributed by atoms with Crippen LogP contribution >= 0.6 is 7.14 Å². The molecule has 1 amide bonds. The summed E-state index contributed by atoms with van der Waals surface area (Å²) in [6.07, 6.45) is 0.755. The molecule has 0 bridgehead atoms. The molecule has 0 spiro atoms. The highest BCUT2D eigenvalue weighted by molar-refractivity contribution is 7.82. The van der Waals surface area contributed by atoms with Crippen molar-refractivity contribution in [3.8, 4) is 0 Å². The molecule has 3 aromatic rings. The molecule has 0 radical (unpaired) electrons. The number of esters is 1. The van der Waals surface area contributed by atoms with Gasteiger partial charge in [-0.25, -0.2) is 4.79 Å². The molecule has 0 aliphatic carbocycles. The molecular weight excluding hydrogens is 421 g/mol. The van der Waals surface area contributed by atoms with E-state index in [1.165, 1.54) is 4.90 Å². The van der Waals surface area contributed by atoms with Crippen molar-refractivity contribution in [2.24, 2.45) is 0 Å². The number of β-lactam (4-membered cyclic amide) rings is 1. The van der Waals surface area contributed by atoms with Crippen LogP contribution in [0.5, 0.6) is 0 Å². The van der Waals surface area contributed by atoms with E-state index in [0.717, 1.165) is 5.56 Å². The van der Waals surface area contributed by atoms with Crippen LogP contribution < -0.4 is 10.6 Å². The summed E-state index contributed by atoms with van der Waals surface area (Å²) in [6.45, 7) is 0.0874. The lowest BCUT2D eigenvalue weighted by atomic mass is 10.0. The maximum Gasteiger partial charge on any atom is 0.355 e. The van der Waals surface area contributed by atoms with Gasteiger partial charge in [0.05, 0.1) is 6.04 Å². The average Bonchev–Trinajstić information content (AvgIpc) is 3.17. The van der Waals surface area contributed by atoms with Gasteiger partial charge in [-0.15, -0.1) is 0 Å². The highest BCUT2D eigenvalue weighted by Gasteiger charge is 2.52. The molecule has 5 nitrogen and oxygen atoms in total. The molecule has 0 N–H and O–H groups in total. The molecule has 3 aromatic carbocycles. The molecule has 0 saturated carbocycles. The van der Waals surface area contributed by atoms with Gasteiger partial charge >= 0.3 is 5.97 Å². The van der Waals surface area contributed by atoms with Crippen molar-refractivity contribution >= 4 is 29.6 Å². The van der Waals surface area contributed by atoms with Crippen LogP contribution in [0.25, 0.3) is 0 Å². The zero-order valence-electron chi connectivity index (χ0n) is 17.4. The molecule has 6 heteroatoms. The smallest absolute Gasteiger partial charge is 0.355 e. The van der Waals surface area contributed by atoms with Gasteiger partial charge in [0.15, 0.2) is 7.14 Å². The zero-order chi connectivity index (χ0) is 22.1. The number of hydrogen-bond donors (Lipinski definition) is 0. The summed E-state index contributed by atoms with van der Waals surface area (Å²) in [5, 5.41) is 1.79. The van der Waals surface area contributed by atoms with Gasteiger partial charge in [0.25, 0.3) is 0 Å². The van der Waals surface area contributed by atoms with Crippen LogP contribution in [0.1, 0.15) is 18.4 Å². The average molecular weight is 443 g/mol. The van der Waals surface area contributed by atoms with Crippen LogP contribution in [-0.2, 0) is 25.5 Å². The summed E-state index contributed by atoms with van der Waals surface area (Å²) in [6, 6.07) is 27.6. The van der Waals surface area contributed by atoms with Gasteiger partial charge < -0.3 is 14.2 Å². The number of amides is 1. The van der Waals surface area contributed by atoms with Gasteiger partial charge in [0, 0.05) is 28.8 Å². The van der Waals surface area contributed by atoms with E-state index in [4.69, 9.17) is 4.74 Å². The first-order chi connectivity index (χ1) is 15.6. The van der Waals surface area contributed by atoms with Crippen molar-refractivity contribution in [1.29, 1.82) is 0 Å². The summed E-state index contributed by atoms with van der Waals surface area (Å²) < 4.78 is 20.4. The Kier molecular flexibility index (Phi) is 5.28. The second kappa shape index (κ2) is 8.25. The first kappa shape index (κ1) is 20.5. The van der Waals surface area contributed by atoms with Crippen molar-refractivity contribution in [3.63, 3.8) is 0 Å². The van der Waals surface area contributed by atoms with Gasteiger partial charge in [-0.3, -0.25) is 4.79 Å². The third-order valence-electron chi connectivity index (χ3n) is 6.01. The van der Waals surface area contributed by atoms with Gasteiger partial charge in [0.1, 0.15) is 12.3 Å². The van der Waals surface area contributed by atoms with Gasteiger partial charge in [-0.2, -0.15) is 0 Å². The molecule has 2 heterocycles. The first-order valence-electron chi connectivity index (χ1n) is 10.6. The summed E-state index contributed by atoms with van der Waals surface area (Å²) in [7, 11) is -3.35. The topological polar surface area (TPSA) is 63.7 Å². The Bertz CT molecular complexity index is 1200. The van der Waals surface area contributed by atoms with Crippen molar-refractivity contribution in [1.82, 2.24) is 4.90 Å². The first-order valence-corrected chi connectivity index (χ1v) is 12.3. The van der Waals surface area contributed by atoms with Crippen molar-refractivity contribution in [2.45, 2.75) is 25.5 Å². The number of rotatable bonds is 6. The van der Waals surface area contributed by atoms with E-state index in [1.54, 1.807) is 0 Å². The normalized spacial score (nSPS) is 17.7. The number of hydrogen-bond acceptors (Lipinski definition) is 4. The standard InChI is InChI=1S/C26H22NO4P/c28-24-17-20-16-23(25(27(20)24)26(29)31-18-19-10-4-1-5-11-19)32(30,21-12-6-2-7-13-21)22-14-8-3-9-15-22/h1-15,20H,16-18H2. The molecule has 2 aliphatic rings. The highest BCUT2D eigenvalue weighted by atomic mass is 31.2. The Balaban J connectivity index is 1.61. The number of carbonyl (C=O) groups excluding carboxylic acids is 2. The monoisotopic (exact) mass is 443 g/mol. The minimum atomic E-state index is -3.35. The van der Waals surface area contributed by atoms with Crippen LogP contribution in [0.2, 0.25) is 0 Å². The Hall–Kier alpha value is -3.43. The Labute approximate surface area is 186 Å². The Morgan fingerprint density at radius 3 is 1.91 bits per heavy atom. The number of benzene rings is 3. The third kappa shape index (κ3) is 3.39. The fraction of sp³-hybridized carbons (Fsp3) is 0.154. The summed E-state index contributed by atoms with van der Waals surface area (Å²) >= 11 is 0. The van der Waals surface area contributed by atoms with E-state index in [-0.39, 0.29) is 24.3 Å². The number of ether oxygens (including phenoxy) is 1. The molecule has 2 aliphatic heterocycles. The second-order valence-electron chi connectivity index (χ2n) is 7.96. The molecule has 1 fully saturated rings. The van der Waals surface area contributed by atoms with Crippen molar-refractivity contribution < 1.29 is 18.9 Å². The molecule has 160 valence electrons. The molecule has 1 unspecified atom stereocenters. The van der Waals surface area contributed by atoms with E-state index in [9.17, 15) is 14.2 Å². The lowest BCUT2D eigenvalue weighted by Gasteiger charge is -2.35. The Morgan fingerprint density at radius 1 is 0.844 bits per heavy atom. The second-order valence-corrected chi connectivity index (χ2v) is 10.8. The largest absolute Gasteiger partial charge is 0.456 e. The molecule has 5 rings (SSSR count). The minimum absolute atomic E-state index is 0.0874. The molecule has 32 heavy (non-hydrogen) atoms. The van der Waals surface area contributed by atoms with Gasteiger partial charge in [0.2, 0.25) is 5.91 Å². The summed E-state index contributed by atoms with van der Waals surface area (Å²) in [5.41, 5.74) is 1.00. The fourth-order valence-electron chi connectivity index (χ4n) is 4.43. The maximum atomic E-state index is 14.8. The highest BCUT2D eigenvalue weighted by Crippen LogP contribution is 2.59. The molecule has 1 saturated heterocycles. The van der Waals surface area contributed by atoms with Crippen LogP contribution in [0.3, 0.4) is 0 Å². The summed E-state index contributed by atoms with van der Waals surface area (Å²) in [5.74, 6) is -0.740. The number of carbonyl (C=O) groups is 2. The molecule has 1 atom stereocenters. The summed E-state index contributed by atoms with van der Waals surface area (Å²) in [4.78, 5) is 27.2. The molecular formula is C26H22NO4P. The number of fused-ring (bicyclic) bond motifs is 1. The van der Waals surface area contributed by atoms with Crippen LogP contribution in [0.4, 0.5) is 0 Å². The zero-order valence-corrected chi connectivity index (χ0v) is 18.3. The van der Waals surface area contributed by atoms with Gasteiger partial charge in [-0.05, 0) is 5.56 Å². The Morgan fingerprint density at radius 2 is 1.38 bits per heavy atom. The van der Waals surface area contributed by atoms with Crippen LogP contribution in [0, 0.1) is 0 Å². The maximum absolute atomic E-state index is 14.8. The lowest BCUT2D eigenvalue weighted by molar-refractivity contribution is -0.150. The third-order valence-corrected chi connectivity index (χ3v) is 9.22. The van der Waals surface area contributed by atoms with E-state index in [1.807, 2.05) is 91.0 Å². The van der Waals surface area contributed by atoms with Crippen LogP contribution in [0.15, 0.2) is 102 Å². The van der Waals surface area contributed by atoms with Gasteiger partial charge in [-0.1, -0.05) is 91.0 Å². The van der Waals surface area contributed by atoms with Crippen molar-refractivity contribution in [2.75, 3.05) is 0 Å². The number of nitrogens with zero attached hydrogens (tertiary/aromatic N) is 1. The van der Waals surface area contributed by atoms with E-state index in [2.05, 4.69) is 0 Å². The lowest BCUT2D eigenvalue weighted by Crippen LogP contribution is -2.49. The predicted octanol–water partition coefficient (Wildman–Crippen LogP) is 3.96. The SMILES string of the molecule is O=C(OCc1ccccc1)C1=C(P(=O)(c2ccccc2)c2ccccc2)CC2CC(=O)N12. The van der Waals surface area contributed by atoms with Crippen LogP contribution in [-0.4, -0.2) is 22.8 Å². The quantitative estimate of drug-likeness (QED) is 0.329. The predicted molar refractivity (Wildman–Crippen MR) is 123 cm³/mol. The van der Waals surface area contributed by atoms with E-state index >= 15 is 0 Å². The fourth-order valence-corrected chi connectivity index (χ4v) is 7.50. The molecule has 0 aromatic heterocycles.